The van der Waals surface area contributed by atoms with Gasteiger partial charge in [0.05, 0.1) is 22.3 Å². The smallest absolute Gasteiger partial charge is 0.0992 e. The van der Waals surface area contributed by atoms with E-state index in [0.29, 0.717) is 17.1 Å². The molecule has 0 spiro atoms. The molecule has 3 aromatic carbocycles. The van der Waals surface area contributed by atoms with Gasteiger partial charge in [-0.2, -0.15) is 5.26 Å². The molecular weight excluding hydrogens is 280 g/mol. The number of benzene rings is 3. The molecule has 0 fully saturated rings. The van der Waals surface area contributed by atoms with Crippen molar-refractivity contribution in [2.75, 3.05) is 5.32 Å². The first-order chi connectivity index (χ1) is 10.3. The van der Waals surface area contributed by atoms with Crippen molar-refractivity contribution in [2.24, 2.45) is 0 Å². The second kappa shape index (κ2) is 5.87. The van der Waals surface area contributed by atoms with Gasteiger partial charge >= 0.3 is 0 Å². The highest BCUT2D eigenvalue weighted by Crippen LogP contribution is 2.25. The maximum absolute atomic E-state index is 8.85. The lowest BCUT2D eigenvalue weighted by Crippen LogP contribution is -2.00. The summed E-state index contributed by atoms with van der Waals surface area (Å²) >= 11 is 6.18. The summed E-state index contributed by atoms with van der Waals surface area (Å²) in [7, 11) is 0. The molecule has 21 heavy (non-hydrogen) atoms. The van der Waals surface area contributed by atoms with Gasteiger partial charge in [-0.1, -0.05) is 54.1 Å². The van der Waals surface area contributed by atoms with Crippen molar-refractivity contribution in [3.05, 3.63) is 76.8 Å². The molecule has 0 heterocycles. The van der Waals surface area contributed by atoms with Crippen LogP contribution in [0.3, 0.4) is 0 Å². The molecule has 0 bridgehead atoms. The summed E-state index contributed by atoms with van der Waals surface area (Å²) in [6.45, 7) is 0.687. The topological polar surface area (TPSA) is 35.8 Å². The zero-order valence-electron chi connectivity index (χ0n) is 11.3. The van der Waals surface area contributed by atoms with E-state index in [1.165, 1.54) is 16.3 Å². The highest BCUT2D eigenvalue weighted by molar-refractivity contribution is 6.33. The molecule has 0 aliphatic heterocycles. The lowest BCUT2D eigenvalue weighted by atomic mass is 10.0. The van der Waals surface area contributed by atoms with Crippen LogP contribution in [0.4, 0.5) is 5.69 Å². The Balaban J connectivity index is 1.86. The Bertz CT molecular complexity index is 829. The number of fused-ring (bicyclic) bond motifs is 1. The molecule has 0 saturated carbocycles. The monoisotopic (exact) mass is 292 g/mol. The van der Waals surface area contributed by atoms with Gasteiger partial charge in [0.2, 0.25) is 0 Å². The van der Waals surface area contributed by atoms with Crippen molar-refractivity contribution in [1.82, 2.24) is 0 Å². The van der Waals surface area contributed by atoms with Crippen molar-refractivity contribution >= 4 is 28.1 Å². The van der Waals surface area contributed by atoms with Gasteiger partial charge in [-0.15, -0.1) is 0 Å². The van der Waals surface area contributed by atoms with Gasteiger partial charge in [-0.3, -0.25) is 0 Å². The second-order valence-electron chi connectivity index (χ2n) is 4.80. The molecule has 0 saturated heterocycles. The van der Waals surface area contributed by atoms with Gasteiger partial charge in [-0.05, 0) is 34.5 Å². The number of nitrogens with one attached hydrogen (secondary N) is 1. The Morgan fingerprint density at radius 2 is 1.81 bits per heavy atom. The molecule has 102 valence electrons. The number of nitrogens with zero attached hydrogens (tertiary/aromatic N) is 1. The van der Waals surface area contributed by atoms with Crippen LogP contribution in [0, 0.1) is 11.3 Å². The third kappa shape index (κ3) is 2.84. The standard InChI is InChI=1S/C18H13ClN2/c19-17-10-13(11-20)8-9-18(17)21-12-15-6-3-5-14-4-1-2-7-16(14)15/h1-10,21H,12H2. The number of halogens is 1. The Labute approximate surface area is 128 Å². The van der Waals surface area contributed by atoms with Gasteiger partial charge in [0, 0.05) is 6.54 Å². The van der Waals surface area contributed by atoms with Gasteiger partial charge in [0.1, 0.15) is 0 Å². The van der Waals surface area contributed by atoms with Crippen LogP contribution in [-0.2, 0) is 6.54 Å². The summed E-state index contributed by atoms with van der Waals surface area (Å²) in [6.07, 6.45) is 0. The summed E-state index contributed by atoms with van der Waals surface area (Å²) in [4.78, 5) is 0. The van der Waals surface area contributed by atoms with Crippen molar-refractivity contribution < 1.29 is 0 Å². The molecule has 0 amide bonds. The average molecular weight is 293 g/mol. The van der Waals surface area contributed by atoms with Gasteiger partial charge in [0.15, 0.2) is 0 Å². The van der Waals surface area contributed by atoms with E-state index in [4.69, 9.17) is 16.9 Å². The van der Waals surface area contributed by atoms with E-state index >= 15 is 0 Å². The number of hydrogen-bond donors (Lipinski definition) is 1. The first-order valence-electron chi connectivity index (χ1n) is 6.68. The number of hydrogen-bond acceptors (Lipinski definition) is 2. The lowest BCUT2D eigenvalue weighted by Gasteiger charge is -2.11. The largest absolute Gasteiger partial charge is 0.380 e. The zero-order valence-corrected chi connectivity index (χ0v) is 12.1. The Hall–Kier alpha value is -2.50. The zero-order chi connectivity index (χ0) is 14.7. The molecule has 3 aromatic rings. The minimum Gasteiger partial charge on any atom is -0.380 e. The number of rotatable bonds is 3. The Morgan fingerprint density at radius 1 is 1.00 bits per heavy atom. The molecule has 3 rings (SSSR count). The predicted octanol–water partition coefficient (Wildman–Crippen LogP) is 4.98. The lowest BCUT2D eigenvalue weighted by molar-refractivity contribution is 1.17. The highest BCUT2D eigenvalue weighted by Gasteiger charge is 2.04. The number of anilines is 1. The minimum absolute atomic E-state index is 0.564. The minimum atomic E-state index is 0.564. The van der Waals surface area contributed by atoms with E-state index in [9.17, 15) is 0 Å². The first kappa shape index (κ1) is 13.5. The predicted molar refractivity (Wildman–Crippen MR) is 87.4 cm³/mol. The molecule has 0 aromatic heterocycles. The molecule has 0 aliphatic rings. The quantitative estimate of drug-likeness (QED) is 0.739. The fraction of sp³-hybridized carbons (Fsp3) is 0.0556. The summed E-state index contributed by atoms with van der Waals surface area (Å²) in [5, 5.41) is 15.2. The maximum atomic E-state index is 8.85. The highest BCUT2D eigenvalue weighted by atomic mass is 35.5. The van der Waals surface area contributed by atoms with Gasteiger partial charge in [0.25, 0.3) is 0 Å². The van der Waals surface area contributed by atoms with Crippen LogP contribution >= 0.6 is 11.6 Å². The summed E-state index contributed by atoms with van der Waals surface area (Å²) < 4.78 is 0. The van der Waals surface area contributed by atoms with Crippen molar-refractivity contribution in [3.63, 3.8) is 0 Å². The fourth-order valence-corrected chi connectivity index (χ4v) is 2.61. The average Bonchev–Trinajstić information content (AvgIpc) is 2.53. The summed E-state index contributed by atoms with van der Waals surface area (Å²) in [5.41, 5.74) is 2.62. The Kier molecular flexibility index (Phi) is 3.77. The third-order valence-corrected chi connectivity index (χ3v) is 3.76. The SMILES string of the molecule is N#Cc1ccc(NCc2cccc3ccccc23)c(Cl)c1. The second-order valence-corrected chi connectivity index (χ2v) is 5.21. The van der Waals surface area contributed by atoms with E-state index in [1.807, 2.05) is 18.2 Å². The van der Waals surface area contributed by atoms with E-state index in [-0.39, 0.29) is 0 Å². The fourth-order valence-electron chi connectivity index (χ4n) is 2.37. The van der Waals surface area contributed by atoms with E-state index in [1.54, 1.807) is 12.1 Å². The van der Waals surface area contributed by atoms with Crippen LogP contribution < -0.4 is 5.32 Å². The molecule has 0 aliphatic carbocycles. The molecular formula is C18H13ClN2. The Morgan fingerprint density at radius 3 is 2.62 bits per heavy atom. The van der Waals surface area contributed by atoms with Crippen molar-refractivity contribution in [2.45, 2.75) is 6.54 Å². The maximum Gasteiger partial charge on any atom is 0.0992 e. The molecule has 3 heteroatoms. The van der Waals surface area contributed by atoms with Crippen LogP contribution in [0.15, 0.2) is 60.7 Å². The van der Waals surface area contributed by atoms with Crippen LogP contribution in [0.25, 0.3) is 10.8 Å². The van der Waals surface area contributed by atoms with E-state index in [0.717, 1.165) is 5.69 Å². The first-order valence-corrected chi connectivity index (χ1v) is 7.06. The third-order valence-electron chi connectivity index (χ3n) is 3.45. The normalized spacial score (nSPS) is 10.3. The molecule has 0 unspecified atom stereocenters. The number of nitriles is 1. The van der Waals surface area contributed by atoms with Gasteiger partial charge < -0.3 is 5.32 Å². The van der Waals surface area contributed by atoms with Crippen LogP contribution in [-0.4, -0.2) is 0 Å². The molecule has 1 N–H and O–H groups in total. The molecule has 2 nitrogen and oxygen atoms in total. The van der Waals surface area contributed by atoms with Crippen LogP contribution in [0.5, 0.6) is 0 Å². The molecule has 0 radical (unpaired) electrons. The summed E-state index contributed by atoms with van der Waals surface area (Å²) in [6, 6.07) is 21.9. The van der Waals surface area contributed by atoms with E-state index < -0.39 is 0 Å². The van der Waals surface area contributed by atoms with Crippen molar-refractivity contribution in [3.8, 4) is 6.07 Å². The van der Waals surface area contributed by atoms with Crippen molar-refractivity contribution in [1.29, 1.82) is 5.26 Å². The molecule has 0 atom stereocenters. The van der Waals surface area contributed by atoms with Gasteiger partial charge in [-0.25, -0.2) is 0 Å². The van der Waals surface area contributed by atoms with Crippen LogP contribution in [0.2, 0.25) is 5.02 Å². The van der Waals surface area contributed by atoms with Crippen LogP contribution in [0.1, 0.15) is 11.1 Å². The van der Waals surface area contributed by atoms with E-state index in [2.05, 4.69) is 41.7 Å². The summed E-state index contributed by atoms with van der Waals surface area (Å²) in [5.74, 6) is 0.